The minimum absolute atomic E-state index is 1.22. The Labute approximate surface area is 234 Å². The summed E-state index contributed by atoms with van der Waals surface area (Å²) >= 11 is 0. The summed E-state index contributed by atoms with van der Waals surface area (Å²) in [5, 5.41) is 0. The van der Waals surface area contributed by atoms with Gasteiger partial charge in [0.2, 0.25) is 0 Å². The Hall–Kier alpha value is -0.790. The molecule has 0 spiro atoms. The number of rotatable bonds is 29. The zero-order valence-corrected chi connectivity index (χ0v) is 26.1. The molecule has 0 unspecified atom stereocenters. The lowest BCUT2D eigenvalue weighted by molar-refractivity contribution is -0.704. The van der Waals surface area contributed by atoms with Crippen LogP contribution in [-0.2, 0) is 19.5 Å². The minimum Gasteiger partial charge on any atom is -0.234 e. The van der Waals surface area contributed by atoms with Gasteiger partial charge in [0.15, 0.2) is 0 Å². The van der Waals surface area contributed by atoms with E-state index in [1.807, 2.05) is 0 Å². The normalized spacial score (nSPS) is 11.5. The lowest BCUT2D eigenvalue weighted by Gasteiger charge is -2.07. The predicted molar refractivity (Wildman–Crippen MR) is 165 cm³/mol. The van der Waals surface area contributed by atoms with E-state index in [9.17, 15) is 0 Å². The second kappa shape index (κ2) is 26.8. The van der Waals surface area contributed by atoms with E-state index in [4.69, 9.17) is 0 Å². The van der Waals surface area contributed by atoms with Crippen LogP contribution >= 0.6 is 0 Å². The van der Waals surface area contributed by atoms with Gasteiger partial charge in [0.05, 0.1) is 13.1 Å². The topological polar surface area (TPSA) is 8.81 Å². The molecule has 1 aromatic rings. The molecule has 2 nitrogen and oxygen atoms in total. The summed E-state index contributed by atoms with van der Waals surface area (Å²) in [6.07, 6.45) is 43.0. The third kappa shape index (κ3) is 19.9. The first-order valence-electron chi connectivity index (χ1n) is 17.4. The molecule has 0 N–H and O–H groups in total. The number of aryl methyl sites for hydroxylation is 2. The van der Waals surface area contributed by atoms with Gasteiger partial charge in [0.25, 0.3) is 5.82 Å². The van der Waals surface area contributed by atoms with Gasteiger partial charge >= 0.3 is 0 Å². The summed E-state index contributed by atoms with van der Waals surface area (Å²) in [6.45, 7) is 9.39. The SMILES string of the molecule is CCCCCCCCCCCCCCCCCn1cc[n+](CCCCCCCCC)c1CCCCCC. The molecule has 0 aliphatic rings. The molecular formula is C35H69N2+. The van der Waals surface area contributed by atoms with Crippen LogP contribution in [0.1, 0.15) is 194 Å². The van der Waals surface area contributed by atoms with Crippen LogP contribution in [0.2, 0.25) is 0 Å². The number of hydrogen-bond acceptors (Lipinski definition) is 0. The summed E-state index contributed by atoms with van der Waals surface area (Å²) in [6, 6.07) is 0. The summed E-state index contributed by atoms with van der Waals surface area (Å²) < 4.78 is 5.21. The van der Waals surface area contributed by atoms with Crippen molar-refractivity contribution in [2.45, 2.75) is 207 Å². The van der Waals surface area contributed by atoms with E-state index in [1.54, 1.807) is 5.82 Å². The van der Waals surface area contributed by atoms with Crippen molar-refractivity contribution in [1.29, 1.82) is 0 Å². The van der Waals surface area contributed by atoms with E-state index in [2.05, 4.69) is 42.3 Å². The van der Waals surface area contributed by atoms with E-state index in [0.29, 0.717) is 0 Å². The fraction of sp³-hybridized carbons (Fsp3) is 0.914. The van der Waals surface area contributed by atoms with E-state index in [1.165, 1.54) is 186 Å². The quantitative estimate of drug-likeness (QED) is 0.0737. The van der Waals surface area contributed by atoms with E-state index in [-0.39, 0.29) is 0 Å². The molecule has 1 rings (SSSR count). The Balaban J connectivity index is 2.16. The highest BCUT2D eigenvalue weighted by atomic mass is 15.1. The van der Waals surface area contributed by atoms with E-state index >= 15 is 0 Å². The molecule has 37 heavy (non-hydrogen) atoms. The molecule has 1 heterocycles. The maximum absolute atomic E-state index is 2.61. The van der Waals surface area contributed by atoms with Gasteiger partial charge in [-0.05, 0) is 32.1 Å². The highest BCUT2D eigenvalue weighted by molar-refractivity contribution is 4.84. The predicted octanol–water partition coefficient (Wildman–Crippen LogP) is 11.5. The number of unbranched alkanes of at least 4 members (excludes halogenated alkanes) is 23. The first kappa shape index (κ1) is 34.2. The molecule has 1 aromatic heterocycles. The second-order valence-corrected chi connectivity index (χ2v) is 12.0. The molecule has 0 saturated carbocycles. The molecule has 0 atom stereocenters. The van der Waals surface area contributed by atoms with Crippen LogP contribution in [0, 0.1) is 0 Å². The van der Waals surface area contributed by atoms with Crippen LogP contribution in [-0.4, -0.2) is 4.57 Å². The van der Waals surface area contributed by atoms with Gasteiger partial charge in [0.1, 0.15) is 12.4 Å². The van der Waals surface area contributed by atoms with Crippen LogP contribution < -0.4 is 4.57 Å². The van der Waals surface area contributed by atoms with Gasteiger partial charge in [-0.15, -0.1) is 0 Å². The van der Waals surface area contributed by atoms with Crippen LogP contribution in [0.3, 0.4) is 0 Å². The van der Waals surface area contributed by atoms with Crippen LogP contribution in [0.5, 0.6) is 0 Å². The molecule has 218 valence electrons. The molecule has 0 radical (unpaired) electrons. The summed E-state index contributed by atoms with van der Waals surface area (Å²) in [5.41, 5.74) is 0. The maximum atomic E-state index is 2.61. The van der Waals surface area contributed by atoms with Crippen molar-refractivity contribution in [2.24, 2.45) is 0 Å². The highest BCUT2D eigenvalue weighted by Crippen LogP contribution is 2.14. The van der Waals surface area contributed by atoms with Crippen LogP contribution in [0.4, 0.5) is 0 Å². The molecular weight excluding hydrogens is 448 g/mol. The monoisotopic (exact) mass is 518 g/mol. The van der Waals surface area contributed by atoms with Crippen LogP contribution in [0.15, 0.2) is 12.4 Å². The lowest BCUT2D eigenvalue weighted by Crippen LogP contribution is -2.37. The summed E-state index contributed by atoms with van der Waals surface area (Å²) in [4.78, 5) is 0. The Morgan fingerprint density at radius 3 is 1.30 bits per heavy atom. The second-order valence-electron chi connectivity index (χ2n) is 12.0. The number of aromatic nitrogens is 2. The molecule has 0 aliphatic carbocycles. The highest BCUT2D eigenvalue weighted by Gasteiger charge is 2.16. The number of imidazole rings is 1. The molecule has 0 aliphatic heterocycles. The molecule has 0 saturated heterocycles. The van der Waals surface area contributed by atoms with Crippen molar-refractivity contribution >= 4 is 0 Å². The van der Waals surface area contributed by atoms with Crippen molar-refractivity contribution in [1.82, 2.24) is 4.57 Å². The Kier molecular flexibility index (Phi) is 24.8. The third-order valence-corrected chi connectivity index (χ3v) is 8.35. The summed E-state index contributed by atoms with van der Waals surface area (Å²) in [5.74, 6) is 1.60. The maximum Gasteiger partial charge on any atom is 0.256 e. The minimum atomic E-state index is 1.22. The Morgan fingerprint density at radius 2 is 0.838 bits per heavy atom. The fourth-order valence-electron chi connectivity index (χ4n) is 5.80. The molecule has 0 aromatic carbocycles. The van der Waals surface area contributed by atoms with Gasteiger partial charge in [-0.25, -0.2) is 9.13 Å². The largest absolute Gasteiger partial charge is 0.256 e. The van der Waals surface area contributed by atoms with Crippen molar-refractivity contribution in [3.05, 3.63) is 18.2 Å². The fourth-order valence-corrected chi connectivity index (χ4v) is 5.80. The third-order valence-electron chi connectivity index (χ3n) is 8.35. The number of hydrogen-bond donors (Lipinski definition) is 0. The Morgan fingerprint density at radius 1 is 0.459 bits per heavy atom. The van der Waals surface area contributed by atoms with Crippen molar-refractivity contribution < 1.29 is 4.57 Å². The first-order chi connectivity index (χ1) is 18.3. The molecule has 0 fully saturated rings. The first-order valence-corrected chi connectivity index (χ1v) is 17.4. The van der Waals surface area contributed by atoms with Gasteiger partial charge in [-0.1, -0.05) is 156 Å². The van der Waals surface area contributed by atoms with Crippen molar-refractivity contribution in [3.8, 4) is 0 Å². The van der Waals surface area contributed by atoms with E-state index in [0.717, 1.165) is 0 Å². The Bertz CT molecular complexity index is 576. The average molecular weight is 518 g/mol. The lowest BCUT2D eigenvalue weighted by atomic mass is 10.0. The summed E-state index contributed by atoms with van der Waals surface area (Å²) in [7, 11) is 0. The van der Waals surface area contributed by atoms with Gasteiger partial charge in [-0.2, -0.15) is 0 Å². The van der Waals surface area contributed by atoms with Gasteiger partial charge < -0.3 is 0 Å². The van der Waals surface area contributed by atoms with Gasteiger partial charge in [-0.3, -0.25) is 0 Å². The van der Waals surface area contributed by atoms with Crippen molar-refractivity contribution in [2.75, 3.05) is 0 Å². The number of nitrogens with zero attached hydrogens (tertiary/aromatic N) is 2. The zero-order chi connectivity index (χ0) is 26.7. The smallest absolute Gasteiger partial charge is 0.234 e. The van der Waals surface area contributed by atoms with Gasteiger partial charge in [0, 0.05) is 6.42 Å². The molecule has 0 bridgehead atoms. The van der Waals surface area contributed by atoms with Crippen molar-refractivity contribution in [3.63, 3.8) is 0 Å². The molecule has 0 amide bonds. The average Bonchev–Trinajstić information content (AvgIpc) is 3.29. The standard InChI is InChI=1S/C35H69N2/c1-4-7-10-13-15-16-17-18-19-20-21-22-24-26-29-32-37-34-33-36(35(37)30-27-12-9-6-3)31-28-25-23-14-11-8-5-2/h33-34H,4-32H2,1-3H3/q+1. The van der Waals surface area contributed by atoms with Crippen LogP contribution in [0.25, 0.3) is 0 Å². The molecule has 2 heteroatoms. The van der Waals surface area contributed by atoms with E-state index < -0.39 is 0 Å². The zero-order valence-electron chi connectivity index (χ0n) is 26.1.